The molecule has 1 aromatic heterocycles. The van der Waals surface area contributed by atoms with Crippen molar-refractivity contribution in [3.05, 3.63) is 72.6 Å². The lowest BCUT2D eigenvalue weighted by molar-refractivity contribution is 0.0293. The summed E-state index contributed by atoms with van der Waals surface area (Å²) in [5, 5.41) is 14.2. The molecule has 5 rings (SSSR count). The van der Waals surface area contributed by atoms with Crippen LogP contribution in [0.3, 0.4) is 0 Å². The van der Waals surface area contributed by atoms with Crippen molar-refractivity contribution < 1.29 is 5.11 Å². The molecule has 0 amide bonds. The van der Waals surface area contributed by atoms with Crippen LogP contribution in [0, 0.1) is 5.92 Å². The lowest BCUT2D eigenvalue weighted by Crippen LogP contribution is -2.50. The van der Waals surface area contributed by atoms with Gasteiger partial charge in [0.25, 0.3) is 0 Å². The Balaban J connectivity index is 1.46. The lowest BCUT2D eigenvalue weighted by Gasteiger charge is -2.37. The zero-order valence-corrected chi connectivity index (χ0v) is 14.9. The third-order valence-corrected chi connectivity index (χ3v) is 6.32. The summed E-state index contributed by atoms with van der Waals surface area (Å²) in [5.74, 6) is 0.584. The lowest BCUT2D eigenvalue weighted by atomic mass is 9.87. The van der Waals surface area contributed by atoms with Gasteiger partial charge < -0.3 is 10.0 Å². The van der Waals surface area contributed by atoms with Crippen LogP contribution in [0.15, 0.2) is 67.0 Å². The van der Waals surface area contributed by atoms with E-state index in [4.69, 9.17) is 0 Å². The first-order chi connectivity index (χ1) is 12.7. The Hall–Kier alpha value is -2.39. The SMILES string of the molecule is O[C@]1(Cc2ccc3ccccc3c2)CC[C@@H]2CCN(c3cccnc3)[C@@H]21. The van der Waals surface area contributed by atoms with Crippen LogP contribution >= 0.6 is 0 Å². The molecule has 2 aliphatic rings. The van der Waals surface area contributed by atoms with Crippen molar-refractivity contribution in [3.63, 3.8) is 0 Å². The fourth-order valence-electron chi connectivity index (χ4n) is 5.18. The summed E-state index contributed by atoms with van der Waals surface area (Å²) in [4.78, 5) is 6.68. The number of benzene rings is 2. The fourth-order valence-corrected chi connectivity index (χ4v) is 5.18. The molecular formula is C23H24N2O. The molecule has 0 radical (unpaired) electrons. The summed E-state index contributed by atoms with van der Waals surface area (Å²) in [7, 11) is 0. The van der Waals surface area contributed by atoms with E-state index in [1.165, 1.54) is 22.8 Å². The minimum atomic E-state index is -0.667. The number of hydrogen-bond donors (Lipinski definition) is 1. The van der Waals surface area contributed by atoms with Crippen LogP contribution in [0.5, 0.6) is 0 Å². The summed E-state index contributed by atoms with van der Waals surface area (Å²) in [6.45, 7) is 1.01. The van der Waals surface area contributed by atoms with Gasteiger partial charge in [-0.1, -0.05) is 42.5 Å². The van der Waals surface area contributed by atoms with Crippen LogP contribution < -0.4 is 4.90 Å². The van der Waals surface area contributed by atoms with Gasteiger partial charge in [0.2, 0.25) is 0 Å². The van der Waals surface area contributed by atoms with E-state index in [0.29, 0.717) is 5.92 Å². The summed E-state index contributed by atoms with van der Waals surface area (Å²) >= 11 is 0. The quantitative estimate of drug-likeness (QED) is 0.774. The standard InChI is InChI=1S/C23H24N2O/c26-23(15-17-7-8-18-4-1-2-5-20(18)14-17)11-9-19-10-13-25(22(19)23)21-6-3-12-24-16-21/h1-8,12,14,16,19,22,26H,9-11,13,15H2/t19-,22+,23+/m1/s1. The molecular weight excluding hydrogens is 320 g/mol. The number of hydrogen-bond acceptors (Lipinski definition) is 3. The molecule has 1 saturated carbocycles. The predicted octanol–water partition coefficient (Wildman–Crippen LogP) is 4.20. The topological polar surface area (TPSA) is 36.4 Å². The van der Waals surface area contributed by atoms with Gasteiger partial charge in [0.1, 0.15) is 0 Å². The third-order valence-electron chi connectivity index (χ3n) is 6.32. The zero-order valence-electron chi connectivity index (χ0n) is 14.9. The monoisotopic (exact) mass is 344 g/mol. The van der Waals surface area contributed by atoms with E-state index in [9.17, 15) is 5.11 Å². The maximum atomic E-state index is 11.7. The Morgan fingerprint density at radius 2 is 1.92 bits per heavy atom. The zero-order chi connectivity index (χ0) is 17.6. The first-order valence-corrected chi connectivity index (χ1v) is 9.60. The Labute approximate surface area is 154 Å². The first kappa shape index (κ1) is 15.8. The molecule has 0 spiro atoms. The molecule has 3 nitrogen and oxygen atoms in total. The van der Waals surface area contributed by atoms with E-state index in [0.717, 1.165) is 31.5 Å². The summed E-state index contributed by atoms with van der Waals surface area (Å²) in [6.07, 6.45) is 7.62. The van der Waals surface area contributed by atoms with Gasteiger partial charge in [0, 0.05) is 19.2 Å². The smallest absolute Gasteiger partial charge is 0.0892 e. The highest BCUT2D eigenvalue weighted by atomic mass is 16.3. The van der Waals surface area contributed by atoms with E-state index in [1.54, 1.807) is 0 Å². The number of aromatic nitrogens is 1. The van der Waals surface area contributed by atoms with Gasteiger partial charge in [-0.2, -0.15) is 0 Å². The van der Waals surface area contributed by atoms with E-state index < -0.39 is 5.60 Å². The molecule has 1 aliphatic heterocycles. The second kappa shape index (κ2) is 6.10. The molecule has 0 bridgehead atoms. The minimum Gasteiger partial charge on any atom is -0.387 e. The highest BCUT2D eigenvalue weighted by molar-refractivity contribution is 5.83. The first-order valence-electron chi connectivity index (χ1n) is 9.60. The van der Waals surface area contributed by atoms with Crippen molar-refractivity contribution in [3.8, 4) is 0 Å². The average molecular weight is 344 g/mol. The summed E-state index contributed by atoms with van der Waals surface area (Å²) in [5.41, 5.74) is 1.70. The van der Waals surface area contributed by atoms with Crippen molar-refractivity contribution in [1.82, 2.24) is 4.98 Å². The predicted molar refractivity (Wildman–Crippen MR) is 105 cm³/mol. The molecule has 3 atom stereocenters. The number of nitrogens with zero attached hydrogens (tertiary/aromatic N) is 2. The summed E-state index contributed by atoms with van der Waals surface area (Å²) < 4.78 is 0. The number of rotatable bonds is 3. The molecule has 1 saturated heterocycles. The fraction of sp³-hybridized carbons (Fsp3) is 0.348. The number of aliphatic hydroxyl groups is 1. The molecule has 2 fully saturated rings. The molecule has 2 heterocycles. The van der Waals surface area contributed by atoms with E-state index in [1.807, 2.05) is 18.5 Å². The van der Waals surface area contributed by atoms with Crippen LogP contribution in [0.2, 0.25) is 0 Å². The van der Waals surface area contributed by atoms with Crippen LogP contribution in [-0.4, -0.2) is 28.3 Å². The largest absolute Gasteiger partial charge is 0.387 e. The van der Waals surface area contributed by atoms with Gasteiger partial charge >= 0.3 is 0 Å². The second-order valence-electron chi connectivity index (χ2n) is 7.90. The van der Waals surface area contributed by atoms with Gasteiger partial charge in [-0.15, -0.1) is 0 Å². The highest BCUT2D eigenvalue weighted by Crippen LogP contribution is 2.47. The molecule has 2 aromatic carbocycles. The molecule has 1 aliphatic carbocycles. The molecule has 1 N–H and O–H groups in total. The van der Waals surface area contributed by atoms with Crippen LogP contribution in [0.1, 0.15) is 24.8 Å². The second-order valence-corrected chi connectivity index (χ2v) is 7.90. The maximum Gasteiger partial charge on any atom is 0.0892 e. The van der Waals surface area contributed by atoms with Crippen LogP contribution in [0.25, 0.3) is 10.8 Å². The van der Waals surface area contributed by atoms with Gasteiger partial charge in [0.05, 0.1) is 23.5 Å². The Morgan fingerprint density at radius 3 is 2.77 bits per heavy atom. The Kier molecular flexibility index (Phi) is 3.71. The van der Waals surface area contributed by atoms with Gasteiger partial charge in [-0.05, 0) is 53.6 Å². The normalized spacial score (nSPS) is 27.8. The molecule has 3 heteroatoms. The average Bonchev–Trinajstić information content (AvgIpc) is 3.24. The van der Waals surface area contributed by atoms with Crippen molar-refractivity contribution in [2.24, 2.45) is 5.92 Å². The van der Waals surface area contributed by atoms with Gasteiger partial charge in [0.15, 0.2) is 0 Å². The maximum absolute atomic E-state index is 11.7. The van der Waals surface area contributed by atoms with E-state index >= 15 is 0 Å². The number of fused-ring (bicyclic) bond motifs is 2. The van der Waals surface area contributed by atoms with Crippen molar-refractivity contribution in [1.29, 1.82) is 0 Å². The Morgan fingerprint density at radius 1 is 1.04 bits per heavy atom. The highest BCUT2D eigenvalue weighted by Gasteiger charge is 2.53. The van der Waals surface area contributed by atoms with Crippen molar-refractivity contribution in [2.75, 3.05) is 11.4 Å². The molecule has 3 aromatic rings. The number of pyridine rings is 1. The van der Waals surface area contributed by atoms with Crippen LogP contribution in [0.4, 0.5) is 5.69 Å². The van der Waals surface area contributed by atoms with E-state index in [-0.39, 0.29) is 6.04 Å². The van der Waals surface area contributed by atoms with Gasteiger partial charge in [-0.3, -0.25) is 4.98 Å². The van der Waals surface area contributed by atoms with E-state index in [2.05, 4.69) is 58.4 Å². The minimum absolute atomic E-state index is 0.193. The van der Waals surface area contributed by atoms with Crippen LogP contribution in [-0.2, 0) is 6.42 Å². The molecule has 0 unspecified atom stereocenters. The molecule has 132 valence electrons. The molecule has 26 heavy (non-hydrogen) atoms. The van der Waals surface area contributed by atoms with Crippen molar-refractivity contribution >= 4 is 16.5 Å². The van der Waals surface area contributed by atoms with Gasteiger partial charge in [-0.25, -0.2) is 0 Å². The van der Waals surface area contributed by atoms with Crippen molar-refractivity contribution in [2.45, 2.75) is 37.3 Å². The number of anilines is 1. The third kappa shape index (κ3) is 2.58. The summed E-state index contributed by atoms with van der Waals surface area (Å²) in [6, 6.07) is 19.3. The Bertz CT molecular complexity index is 926.